The Balaban J connectivity index is 1.18. The average Bonchev–Trinajstić information content (AvgIpc) is 3.83. The fraction of sp³-hybridized carbons (Fsp3) is 0.293. The van der Waals surface area contributed by atoms with Gasteiger partial charge in [-0.25, -0.2) is 4.90 Å². The predicted molar refractivity (Wildman–Crippen MR) is 217 cm³/mol. The number of anilines is 2. The first-order valence-corrected chi connectivity index (χ1v) is 20.5. The maximum atomic E-state index is 15.2. The normalized spacial score (nSPS) is 26.1. The lowest BCUT2D eigenvalue weighted by Crippen LogP contribution is -2.49. The average molecular weight is 905 g/mol. The van der Waals surface area contributed by atoms with Gasteiger partial charge in [-0.1, -0.05) is 55.1 Å². The monoisotopic (exact) mass is 902 g/mol. The van der Waals surface area contributed by atoms with Gasteiger partial charge in [0.15, 0.2) is 11.5 Å². The smallest absolute Gasteiger partial charge is 0.242 e. The molecule has 6 unspecified atom stereocenters. The number of aryl methyl sites for hydroxylation is 2. The molecule has 2 aliphatic heterocycles. The van der Waals surface area contributed by atoms with Crippen molar-refractivity contribution in [3.05, 3.63) is 97.4 Å². The molecule has 0 spiro atoms. The number of hydrogen-bond donors (Lipinski definition) is 1. The van der Waals surface area contributed by atoms with Gasteiger partial charge < -0.3 is 9.84 Å². The van der Waals surface area contributed by atoms with Gasteiger partial charge in [-0.2, -0.15) is 5.10 Å². The second kappa shape index (κ2) is 12.9. The third kappa shape index (κ3) is 5.18. The number of benzene rings is 3. The van der Waals surface area contributed by atoms with Gasteiger partial charge in [0.1, 0.15) is 11.5 Å². The molecule has 3 aromatic carbocycles. The molecule has 0 radical (unpaired) electrons. The number of rotatable bonds is 5. The molecule has 280 valence electrons. The summed E-state index contributed by atoms with van der Waals surface area (Å²) < 4.78 is 9.56. The highest BCUT2D eigenvalue weighted by atomic mass is 79.9. The molecule has 2 aromatic heterocycles. The topological polar surface area (TPSA) is 122 Å². The standard InChI is InChI=1S/C41H33Br2ClN4O6S/c1-18-25-15-21(44)7-12-31(25)55-36(18)29-17-32(46(3)45-29)48-38(51)28-16-26-23(34(41(28,2)40(48)53)27-13-20(43)14-30(54-4)35(27)49)10-11-24-33(26)39(52)47(37(24)50)22-8-5-19(42)6-9-22/h5-10,12-15,17,24,26,28,33-34,49H,11,16H2,1-4H3. The van der Waals surface area contributed by atoms with Crippen molar-refractivity contribution in [3.8, 4) is 22.1 Å². The molecule has 10 nitrogen and oxygen atoms in total. The van der Waals surface area contributed by atoms with E-state index in [-0.39, 0.29) is 36.2 Å². The summed E-state index contributed by atoms with van der Waals surface area (Å²) in [7, 11) is 3.15. The SMILES string of the molecule is COc1cc(Br)cc(C2C3=CCC4C(=O)N(c5ccc(Br)cc5)C(=O)C4C3CC3C(=O)N(c4cc(-c5sc6ccc(Cl)cc6c5C)nn4C)C(=O)C32C)c1O. The third-order valence-corrected chi connectivity index (χ3v) is 14.7. The summed E-state index contributed by atoms with van der Waals surface area (Å²) in [6, 6.07) is 17.9. The summed E-state index contributed by atoms with van der Waals surface area (Å²) >= 11 is 14.9. The number of nitrogens with zero attached hydrogens (tertiary/aromatic N) is 4. The summed E-state index contributed by atoms with van der Waals surface area (Å²) in [5, 5.41) is 18.2. The number of imide groups is 2. The van der Waals surface area contributed by atoms with Gasteiger partial charge in [0, 0.05) is 43.3 Å². The molecular weight excluding hydrogens is 872 g/mol. The quantitative estimate of drug-likeness (QED) is 0.138. The van der Waals surface area contributed by atoms with E-state index in [1.54, 1.807) is 72.5 Å². The first-order chi connectivity index (χ1) is 26.2. The molecule has 9 rings (SSSR count). The number of carbonyl (C=O) groups excluding carboxylic acids is 4. The van der Waals surface area contributed by atoms with Crippen LogP contribution in [0.25, 0.3) is 20.7 Å². The minimum absolute atomic E-state index is 0.161. The maximum Gasteiger partial charge on any atom is 0.242 e. The van der Waals surface area contributed by atoms with Crippen LogP contribution >= 0.6 is 54.8 Å². The highest BCUT2D eigenvalue weighted by Gasteiger charge is 2.68. The zero-order chi connectivity index (χ0) is 38.8. The Morgan fingerprint density at radius 1 is 0.945 bits per heavy atom. The van der Waals surface area contributed by atoms with E-state index in [0.717, 1.165) is 30.6 Å². The van der Waals surface area contributed by atoms with Gasteiger partial charge in [-0.3, -0.25) is 28.8 Å². The number of aromatic hydroxyl groups is 1. The summed E-state index contributed by atoms with van der Waals surface area (Å²) in [6.45, 7) is 3.78. The number of amides is 4. The van der Waals surface area contributed by atoms with E-state index in [2.05, 4.69) is 31.9 Å². The predicted octanol–water partition coefficient (Wildman–Crippen LogP) is 8.94. The van der Waals surface area contributed by atoms with E-state index in [1.165, 1.54) is 16.9 Å². The lowest BCUT2D eigenvalue weighted by Gasteiger charge is -2.49. The molecule has 14 heteroatoms. The fourth-order valence-electron chi connectivity index (χ4n) is 9.61. The van der Waals surface area contributed by atoms with Crippen molar-refractivity contribution in [2.45, 2.75) is 32.6 Å². The van der Waals surface area contributed by atoms with Crippen molar-refractivity contribution in [1.29, 1.82) is 0 Å². The first kappa shape index (κ1) is 36.3. The number of fused-ring (bicyclic) bond motifs is 5. The number of phenols is 1. The summed E-state index contributed by atoms with van der Waals surface area (Å²) in [5.74, 6) is -4.83. The van der Waals surface area contributed by atoms with Crippen molar-refractivity contribution in [2.75, 3.05) is 16.9 Å². The number of allylic oxidation sites excluding steroid dienone is 2. The Labute approximate surface area is 341 Å². The minimum Gasteiger partial charge on any atom is -0.504 e. The molecule has 0 bridgehead atoms. The van der Waals surface area contributed by atoms with Crippen LogP contribution in [0.5, 0.6) is 11.5 Å². The second-order valence-electron chi connectivity index (χ2n) is 14.9. The van der Waals surface area contributed by atoms with Gasteiger partial charge in [0.2, 0.25) is 23.6 Å². The highest BCUT2D eigenvalue weighted by Crippen LogP contribution is 2.65. The zero-order valence-electron chi connectivity index (χ0n) is 30.0. The third-order valence-electron chi connectivity index (χ3n) is 12.2. The lowest BCUT2D eigenvalue weighted by atomic mass is 9.51. The summed E-state index contributed by atoms with van der Waals surface area (Å²) in [4.78, 5) is 62.0. The minimum atomic E-state index is -1.39. The van der Waals surface area contributed by atoms with E-state index < -0.39 is 46.8 Å². The van der Waals surface area contributed by atoms with Crippen LogP contribution in [0.1, 0.15) is 36.8 Å². The van der Waals surface area contributed by atoms with Crippen molar-refractivity contribution >= 4 is 100 Å². The molecule has 2 saturated heterocycles. The highest BCUT2D eigenvalue weighted by molar-refractivity contribution is 9.10. The van der Waals surface area contributed by atoms with Gasteiger partial charge >= 0.3 is 0 Å². The van der Waals surface area contributed by atoms with Gasteiger partial charge in [-0.15, -0.1) is 11.3 Å². The van der Waals surface area contributed by atoms with Crippen molar-refractivity contribution in [2.24, 2.45) is 36.1 Å². The number of thiophene rings is 1. The number of aromatic nitrogens is 2. The van der Waals surface area contributed by atoms with Crippen LogP contribution in [0.3, 0.4) is 0 Å². The van der Waals surface area contributed by atoms with Crippen LogP contribution < -0.4 is 14.5 Å². The second-order valence-corrected chi connectivity index (χ2v) is 18.2. The lowest BCUT2D eigenvalue weighted by molar-refractivity contribution is -0.131. The Morgan fingerprint density at radius 3 is 2.42 bits per heavy atom. The largest absolute Gasteiger partial charge is 0.504 e. The molecule has 3 fully saturated rings. The van der Waals surface area contributed by atoms with E-state index in [9.17, 15) is 19.5 Å². The fourth-order valence-corrected chi connectivity index (χ4v) is 11.6. The van der Waals surface area contributed by atoms with Crippen molar-refractivity contribution in [1.82, 2.24) is 9.78 Å². The van der Waals surface area contributed by atoms with Gasteiger partial charge in [0.05, 0.1) is 40.8 Å². The molecule has 55 heavy (non-hydrogen) atoms. The van der Waals surface area contributed by atoms with Crippen LogP contribution in [0.15, 0.2) is 81.3 Å². The molecule has 1 saturated carbocycles. The maximum absolute atomic E-state index is 15.2. The summed E-state index contributed by atoms with van der Waals surface area (Å²) in [6.07, 6.45) is 2.40. The van der Waals surface area contributed by atoms with E-state index in [4.69, 9.17) is 21.4 Å². The van der Waals surface area contributed by atoms with Crippen LogP contribution in [0, 0.1) is 36.0 Å². The van der Waals surface area contributed by atoms with E-state index in [0.29, 0.717) is 32.3 Å². The molecule has 1 N–H and O–H groups in total. The Morgan fingerprint density at radius 2 is 1.69 bits per heavy atom. The Kier molecular flexibility index (Phi) is 8.50. The van der Waals surface area contributed by atoms with Crippen molar-refractivity contribution in [3.63, 3.8) is 0 Å². The van der Waals surface area contributed by atoms with E-state index >= 15 is 4.79 Å². The molecule has 5 aromatic rings. The molecule has 4 amide bonds. The molecule has 2 aliphatic carbocycles. The van der Waals surface area contributed by atoms with Gasteiger partial charge in [-0.05, 0) is 98.2 Å². The number of methoxy groups -OCH3 is 1. The molecule has 4 heterocycles. The number of ether oxygens (including phenoxy) is 1. The number of halogens is 3. The number of hydrogen-bond acceptors (Lipinski definition) is 8. The number of carbonyl (C=O) groups is 4. The first-order valence-electron chi connectivity index (χ1n) is 17.8. The molecular formula is C41H33Br2ClN4O6S. The van der Waals surface area contributed by atoms with Crippen LogP contribution in [0.4, 0.5) is 11.5 Å². The van der Waals surface area contributed by atoms with Gasteiger partial charge in [0.25, 0.3) is 0 Å². The molecule has 6 atom stereocenters. The number of phenolic OH excluding ortho intramolecular Hbond substituents is 1. The van der Waals surface area contributed by atoms with Crippen LogP contribution in [0.2, 0.25) is 5.02 Å². The van der Waals surface area contributed by atoms with E-state index in [1.807, 2.05) is 31.2 Å². The Bertz CT molecular complexity index is 2570. The van der Waals surface area contributed by atoms with Crippen LogP contribution in [-0.4, -0.2) is 45.6 Å². The van der Waals surface area contributed by atoms with Crippen LogP contribution in [-0.2, 0) is 26.2 Å². The summed E-state index contributed by atoms with van der Waals surface area (Å²) in [5.41, 5.74) is 1.83. The zero-order valence-corrected chi connectivity index (χ0v) is 34.7. The van der Waals surface area contributed by atoms with Crippen molar-refractivity contribution < 1.29 is 29.0 Å². The molecule has 4 aliphatic rings. The Hall–Kier alpha value is -4.30.